The topological polar surface area (TPSA) is 41.1 Å². The first-order valence-corrected chi connectivity index (χ1v) is 10.3. The van der Waals surface area contributed by atoms with Crippen LogP contribution in [0, 0.1) is 0 Å². The van der Waals surface area contributed by atoms with E-state index in [0.29, 0.717) is 12.0 Å². The van der Waals surface area contributed by atoms with Crippen molar-refractivity contribution in [1.29, 1.82) is 0 Å². The van der Waals surface area contributed by atoms with Crippen molar-refractivity contribution in [2.24, 2.45) is 0 Å². The molecule has 3 aliphatic rings. The summed E-state index contributed by atoms with van der Waals surface area (Å²) in [6.45, 7) is 1.88. The fourth-order valence-electron chi connectivity index (χ4n) is 4.24. The molecule has 2 saturated carbocycles. The predicted octanol–water partition coefficient (Wildman–Crippen LogP) is 4.92. The molecule has 5 heteroatoms. The molecule has 0 unspecified atom stereocenters. The summed E-state index contributed by atoms with van der Waals surface area (Å²) < 4.78 is 0. The van der Waals surface area contributed by atoms with Gasteiger partial charge in [0.05, 0.1) is 5.69 Å². The molecule has 26 heavy (non-hydrogen) atoms. The Balaban J connectivity index is 1.42. The Morgan fingerprint density at radius 2 is 1.85 bits per heavy atom. The molecule has 0 saturated heterocycles. The lowest BCUT2D eigenvalue weighted by Crippen LogP contribution is -2.31. The molecule has 136 valence electrons. The normalized spacial score (nSPS) is 20.3. The minimum Gasteiger partial charge on any atom is -0.352 e. The lowest BCUT2D eigenvalue weighted by atomic mass is 10.00. The molecule has 2 fully saturated rings. The van der Waals surface area contributed by atoms with E-state index in [9.17, 15) is 0 Å². The molecule has 1 N–H and O–H groups in total. The van der Waals surface area contributed by atoms with Gasteiger partial charge in [0, 0.05) is 36.1 Å². The van der Waals surface area contributed by atoms with Crippen molar-refractivity contribution in [3.05, 3.63) is 46.1 Å². The van der Waals surface area contributed by atoms with E-state index in [1.54, 1.807) is 0 Å². The van der Waals surface area contributed by atoms with Crippen LogP contribution in [0.4, 0.5) is 11.8 Å². The van der Waals surface area contributed by atoms with Gasteiger partial charge in [0.1, 0.15) is 5.82 Å². The van der Waals surface area contributed by atoms with Gasteiger partial charge in [0.2, 0.25) is 5.95 Å². The second-order valence-electron chi connectivity index (χ2n) is 7.96. The average Bonchev–Trinajstić information content (AvgIpc) is 3.39. The van der Waals surface area contributed by atoms with Crippen LogP contribution in [0.5, 0.6) is 0 Å². The Bertz CT molecular complexity index is 812. The number of rotatable bonds is 4. The van der Waals surface area contributed by atoms with E-state index in [1.165, 1.54) is 55.3 Å². The molecule has 2 heterocycles. The maximum absolute atomic E-state index is 6.15. The fourth-order valence-corrected chi connectivity index (χ4v) is 4.43. The van der Waals surface area contributed by atoms with Gasteiger partial charge < -0.3 is 10.2 Å². The summed E-state index contributed by atoms with van der Waals surface area (Å²) in [7, 11) is 0. The molecule has 0 amide bonds. The Kier molecular flexibility index (Phi) is 4.24. The number of nitrogens with one attached hydrogen (secondary N) is 1. The number of anilines is 2. The van der Waals surface area contributed by atoms with Gasteiger partial charge in [0.15, 0.2) is 0 Å². The third-order valence-electron chi connectivity index (χ3n) is 5.92. The van der Waals surface area contributed by atoms with E-state index in [0.717, 1.165) is 36.3 Å². The van der Waals surface area contributed by atoms with Gasteiger partial charge in [0.25, 0.3) is 0 Å². The van der Waals surface area contributed by atoms with E-state index in [4.69, 9.17) is 21.6 Å². The summed E-state index contributed by atoms with van der Waals surface area (Å²) in [5, 5.41) is 4.44. The van der Waals surface area contributed by atoms with Gasteiger partial charge in [-0.15, -0.1) is 0 Å². The van der Waals surface area contributed by atoms with Gasteiger partial charge in [-0.05, 0) is 55.4 Å². The monoisotopic (exact) mass is 368 g/mol. The molecule has 4 nitrogen and oxygen atoms in total. The molecule has 1 aliphatic heterocycles. The Morgan fingerprint density at radius 1 is 1.00 bits per heavy atom. The van der Waals surface area contributed by atoms with Crippen LogP contribution in [0.15, 0.2) is 24.3 Å². The minimum atomic E-state index is 0.543. The molecular formula is C21H25ClN4. The lowest BCUT2D eigenvalue weighted by molar-refractivity contribution is 0.710. The average molecular weight is 369 g/mol. The zero-order chi connectivity index (χ0) is 17.5. The van der Waals surface area contributed by atoms with Crippen molar-refractivity contribution < 1.29 is 0 Å². The highest BCUT2D eigenvalue weighted by Gasteiger charge is 2.28. The third-order valence-corrected chi connectivity index (χ3v) is 6.16. The zero-order valence-corrected chi connectivity index (χ0v) is 15.8. The molecule has 5 rings (SSSR count). The van der Waals surface area contributed by atoms with Crippen LogP contribution in [-0.4, -0.2) is 22.6 Å². The highest BCUT2D eigenvalue weighted by molar-refractivity contribution is 6.30. The molecule has 0 atom stereocenters. The molecule has 0 radical (unpaired) electrons. The molecule has 2 aromatic rings. The lowest BCUT2D eigenvalue weighted by Gasteiger charge is -2.30. The van der Waals surface area contributed by atoms with Crippen LogP contribution in [0.25, 0.3) is 0 Å². The van der Waals surface area contributed by atoms with Crippen molar-refractivity contribution in [3.63, 3.8) is 0 Å². The molecule has 2 aliphatic carbocycles. The summed E-state index contributed by atoms with van der Waals surface area (Å²) >= 11 is 6.15. The van der Waals surface area contributed by atoms with Crippen LogP contribution in [-0.2, 0) is 13.0 Å². The van der Waals surface area contributed by atoms with Crippen molar-refractivity contribution in [1.82, 2.24) is 9.97 Å². The number of benzene rings is 1. The summed E-state index contributed by atoms with van der Waals surface area (Å²) in [6.07, 6.45) is 8.66. The first kappa shape index (κ1) is 16.4. The van der Waals surface area contributed by atoms with Crippen molar-refractivity contribution >= 4 is 23.4 Å². The van der Waals surface area contributed by atoms with Crippen molar-refractivity contribution in [3.8, 4) is 0 Å². The largest absolute Gasteiger partial charge is 0.352 e. The standard InChI is InChI=1S/C21H25ClN4/c22-17-8-7-16-13-26(10-9-15(16)11-17)20-12-19(14-5-6-14)24-21(25-20)23-18-3-1-2-4-18/h7-8,11-12,14,18H,1-6,9-10,13H2,(H,23,24,25). The van der Waals surface area contributed by atoms with Crippen LogP contribution >= 0.6 is 11.6 Å². The molecular weight excluding hydrogens is 344 g/mol. The third kappa shape index (κ3) is 3.39. The molecule has 0 bridgehead atoms. The van der Waals surface area contributed by atoms with Gasteiger partial charge in [-0.25, -0.2) is 4.98 Å². The number of halogens is 1. The van der Waals surface area contributed by atoms with Gasteiger partial charge in [-0.1, -0.05) is 30.5 Å². The molecule has 1 aromatic carbocycles. The van der Waals surface area contributed by atoms with Crippen molar-refractivity contribution in [2.75, 3.05) is 16.8 Å². The second-order valence-corrected chi connectivity index (χ2v) is 8.40. The number of hydrogen-bond acceptors (Lipinski definition) is 4. The summed E-state index contributed by atoms with van der Waals surface area (Å²) in [5.74, 6) is 2.54. The Labute approximate surface area is 160 Å². The van der Waals surface area contributed by atoms with E-state index in [2.05, 4.69) is 28.4 Å². The number of fused-ring (bicyclic) bond motifs is 1. The summed E-state index contributed by atoms with van der Waals surface area (Å²) in [6, 6.07) is 9.02. The quantitative estimate of drug-likeness (QED) is 0.831. The first-order valence-electron chi connectivity index (χ1n) is 9.92. The van der Waals surface area contributed by atoms with Crippen LogP contribution in [0.1, 0.15) is 61.3 Å². The van der Waals surface area contributed by atoms with E-state index in [-0.39, 0.29) is 0 Å². The highest BCUT2D eigenvalue weighted by Crippen LogP contribution is 2.40. The van der Waals surface area contributed by atoms with Crippen LogP contribution in [0.3, 0.4) is 0 Å². The van der Waals surface area contributed by atoms with Gasteiger partial charge in [-0.2, -0.15) is 4.98 Å². The van der Waals surface area contributed by atoms with Gasteiger partial charge >= 0.3 is 0 Å². The minimum absolute atomic E-state index is 0.543. The maximum atomic E-state index is 6.15. The fraction of sp³-hybridized carbons (Fsp3) is 0.524. The van der Waals surface area contributed by atoms with E-state index in [1.807, 2.05) is 6.07 Å². The zero-order valence-electron chi connectivity index (χ0n) is 15.0. The van der Waals surface area contributed by atoms with Gasteiger partial charge in [-0.3, -0.25) is 0 Å². The maximum Gasteiger partial charge on any atom is 0.225 e. The Morgan fingerprint density at radius 3 is 2.65 bits per heavy atom. The van der Waals surface area contributed by atoms with Crippen LogP contribution in [0.2, 0.25) is 5.02 Å². The molecule has 0 spiro atoms. The Hall–Kier alpha value is -1.81. The number of aromatic nitrogens is 2. The number of hydrogen-bond donors (Lipinski definition) is 1. The SMILES string of the molecule is Clc1ccc2c(c1)CCN(c1cc(C3CC3)nc(NC3CCCC3)n1)C2. The summed E-state index contributed by atoms with van der Waals surface area (Å²) in [4.78, 5) is 12.1. The van der Waals surface area contributed by atoms with Crippen LogP contribution < -0.4 is 10.2 Å². The highest BCUT2D eigenvalue weighted by atomic mass is 35.5. The van der Waals surface area contributed by atoms with E-state index >= 15 is 0 Å². The summed E-state index contributed by atoms with van der Waals surface area (Å²) in [5.41, 5.74) is 3.95. The smallest absolute Gasteiger partial charge is 0.225 e. The second kappa shape index (κ2) is 6.73. The molecule has 1 aromatic heterocycles. The first-order chi connectivity index (χ1) is 12.7. The number of nitrogens with zero attached hydrogens (tertiary/aromatic N) is 3. The predicted molar refractivity (Wildman–Crippen MR) is 106 cm³/mol. The van der Waals surface area contributed by atoms with E-state index < -0.39 is 0 Å². The van der Waals surface area contributed by atoms with Crippen molar-refractivity contribution in [2.45, 2.75) is 63.5 Å².